The molecule has 0 bridgehead atoms. The Morgan fingerprint density at radius 3 is 2.65 bits per heavy atom. The zero-order chi connectivity index (χ0) is 22.4. The van der Waals surface area contributed by atoms with Crippen LogP contribution in [0.25, 0.3) is 0 Å². The van der Waals surface area contributed by atoms with Gasteiger partial charge in [-0.2, -0.15) is 0 Å². The molecule has 0 N–H and O–H groups in total. The number of carbonyl (C=O) groups excluding carboxylic acids is 2. The first-order valence-corrected chi connectivity index (χ1v) is 10.3. The van der Waals surface area contributed by atoms with Crippen LogP contribution in [0.5, 0.6) is 0 Å². The van der Waals surface area contributed by atoms with Crippen molar-refractivity contribution in [1.82, 2.24) is 14.4 Å². The average molecular weight is 428 g/mol. The third kappa shape index (κ3) is 5.91. The number of aromatic nitrogens is 1. The van der Waals surface area contributed by atoms with E-state index in [9.17, 15) is 19.7 Å². The highest BCUT2D eigenvalue weighted by Crippen LogP contribution is 2.29. The largest absolute Gasteiger partial charge is 0.385 e. The summed E-state index contributed by atoms with van der Waals surface area (Å²) in [5, 5.41) is 11.1. The van der Waals surface area contributed by atoms with Crippen molar-refractivity contribution in [2.24, 2.45) is 7.05 Å². The van der Waals surface area contributed by atoms with Gasteiger partial charge in [-0.15, -0.1) is 0 Å². The number of nitrogens with zero attached hydrogens (tertiary/aromatic N) is 4. The highest BCUT2D eigenvalue weighted by atomic mass is 16.6. The van der Waals surface area contributed by atoms with Crippen LogP contribution in [0.1, 0.15) is 35.3 Å². The number of nitro groups is 1. The molecule has 1 saturated carbocycles. The van der Waals surface area contributed by atoms with Gasteiger partial charge < -0.3 is 19.1 Å². The quantitative estimate of drug-likeness (QED) is 0.311. The molecule has 2 amide bonds. The number of non-ortho nitro benzene ring substituents is 1. The number of aryl methyl sites for hydroxylation is 1. The number of methoxy groups -OCH3 is 1. The Kier molecular flexibility index (Phi) is 7.41. The minimum atomic E-state index is -0.536. The lowest BCUT2D eigenvalue weighted by Gasteiger charge is -2.28. The van der Waals surface area contributed by atoms with Crippen LogP contribution in [0.15, 0.2) is 42.6 Å². The number of nitro benzene ring substituents is 1. The summed E-state index contributed by atoms with van der Waals surface area (Å²) in [5.41, 5.74) is 1.06. The maximum absolute atomic E-state index is 13.2. The summed E-state index contributed by atoms with van der Waals surface area (Å²) in [5.74, 6) is -0.525. The van der Waals surface area contributed by atoms with Crippen molar-refractivity contribution >= 4 is 17.5 Å². The van der Waals surface area contributed by atoms with Crippen LogP contribution in [0.4, 0.5) is 5.69 Å². The van der Waals surface area contributed by atoms with Gasteiger partial charge in [-0.3, -0.25) is 19.7 Å². The van der Waals surface area contributed by atoms with Gasteiger partial charge in [-0.05, 0) is 37.5 Å². The normalized spacial score (nSPS) is 13.1. The van der Waals surface area contributed by atoms with E-state index in [1.807, 2.05) is 34.8 Å². The Bertz CT molecular complexity index is 937. The zero-order valence-corrected chi connectivity index (χ0v) is 17.9. The predicted octanol–water partition coefficient (Wildman–Crippen LogP) is 2.60. The van der Waals surface area contributed by atoms with E-state index < -0.39 is 10.8 Å². The number of ether oxygens (including phenoxy) is 1. The van der Waals surface area contributed by atoms with Crippen molar-refractivity contribution < 1.29 is 19.2 Å². The van der Waals surface area contributed by atoms with Gasteiger partial charge in [-0.1, -0.05) is 6.07 Å². The lowest BCUT2D eigenvalue weighted by Crippen LogP contribution is -2.44. The molecule has 1 aromatic heterocycles. The van der Waals surface area contributed by atoms with Gasteiger partial charge in [-0.25, -0.2) is 0 Å². The number of hydrogen-bond acceptors (Lipinski definition) is 5. The van der Waals surface area contributed by atoms with E-state index >= 15 is 0 Å². The summed E-state index contributed by atoms with van der Waals surface area (Å²) >= 11 is 0. The maximum atomic E-state index is 13.2. The molecule has 1 aliphatic carbocycles. The molecule has 9 nitrogen and oxygen atoms in total. The minimum Gasteiger partial charge on any atom is -0.385 e. The van der Waals surface area contributed by atoms with Crippen molar-refractivity contribution in [2.75, 3.05) is 26.8 Å². The number of carbonyl (C=O) groups is 2. The fraction of sp³-hybridized carbons (Fsp3) is 0.455. The van der Waals surface area contributed by atoms with Crippen LogP contribution in [-0.4, -0.2) is 64.0 Å². The second-order valence-corrected chi connectivity index (χ2v) is 7.74. The molecule has 1 fully saturated rings. The molecule has 0 atom stereocenters. The predicted molar refractivity (Wildman–Crippen MR) is 114 cm³/mol. The molecule has 166 valence electrons. The van der Waals surface area contributed by atoms with E-state index in [0.717, 1.165) is 18.5 Å². The number of hydrogen-bond donors (Lipinski definition) is 0. The minimum absolute atomic E-state index is 0.0772. The summed E-state index contributed by atoms with van der Waals surface area (Å²) in [4.78, 5) is 40.2. The fourth-order valence-electron chi connectivity index (χ4n) is 3.48. The highest BCUT2D eigenvalue weighted by molar-refractivity contribution is 5.97. The summed E-state index contributed by atoms with van der Waals surface area (Å²) in [6, 6.07) is 9.71. The molecule has 0 unspecified atom stereocenters. The van der Waals surface area contributed by atoms with E-state index in [2.05, 4.69) is 0 Å². The average Bonchev–Trinajstić information content (AvgIpc) is 3.52. The van der Waals surface area contributed by atoms with Crippen LogP contribution >= 0.6 is 0 Å². The van der Waals surface area contributed by atoms with E-state index in [0.29, 0.717) is 26.1 Å². The van der Waals surface area contributed by atoms with Crippen LogP contribution < -0.4 is 0 Å². The molecule has 1 aromatic carbocycles. The lowest BCUT2D eigenvalue weighted by molar-refractivity contribution is -0.384. The highest BCUT2D eigenvalue weighted by Gasteiger charge is 2.34. The molecular formula is C22H28N4O5. The summed E-state index contributed by atoms with van der Waals surface area (Å²) < 4.78 is 7.07. The van der Waals surface area contributed by atoms with Crippen LogP contribution in [0.3, 0.4) is 0 Å². The van der Waals surface area contributed by atoms with E-state index in [4.69, 9.17) is 4.74 Å². The smallest absolute Gasteiger partial charge is 0.270 e. The molecule has 31 heavy (non-hydrogen) atoms. The molecular weight excluding hydrogens is 400 g/mol. The second-order valence-electron chi connectivity index (χ2n) is 7.74. The molecule has 0 aliphatic heterocycles. The van der Waals surface area contributed by atoms with Crippen LogP contribution in [0, 0.1) is 10.1 Å². The third-order valence-electron chi connectivity index (χ3n) is 5.39. The second kappa shape index (κ2) is 10.2. The van der Waals surface area contributed by atoms with Crippen molar-refractivity contribution in [2.45, 2.75) is 31.8 Å². The number of amides is 2. The van der Waals surface area contributed by atoms with E-state index in [-0.39, 0.29) is 29.7 Å². The SMILES string of the molecule is COCCCN(CC(=O)N(Cc1cccn1C)C1CC1)C(=O)c1cccc([N+](=O)[O-])c1. The molecule has 0 spiro atoms. The number of benzene rings is 1. The van der Waals surface area contributed by atoms with Gasteiger partial charge in [0.2, 0.25) is 5.91 Å². The van der Waals surface area contributed by atoms with Crippen LogP contribution in [0.2, 0.25) is 0 Å². The summed E-state index contributed by atoms with van der Waals surface area (Å²) in [6.45, 7) is 1.18. The van der Waals surface area contributed by atoms with Gasteiger partial charge >= 0.3 is 0 Å². The van der Waals surface area contributed by atoms with Crippen molar-refractivity contribution in [3.05, 3.63) is 64.0 Å². The first kappa shape index (κ1) is 22.5. The standard InChI is InChI=1S/C22H28N4O5/c1-23-11-4-8-20(23)15-25(18-9-10-18)21(27)16-24(12-5-13-31-2)22(28)17-6-3-7-19(14-17)26(29)30/h3-4,6-8,11,14,18H,5,9-10,12-13,15-16H2,1-2H3. The molecule has 0 saturated heterocycles. The van der Waals surface area contributed by atoms with Crippen molar-refractivity contribution in [1.29, 1.82) is 0 Å². The van der Waals surface area contributed by atoms with Crippen molar-refractivity contribution in [3.8, 4) is 0 Å². The Morgan fingerprint density at radius 1 is 1.26 bits per heavy atom. The van der Waals surface area contributed by atoms with E-state index in [1.54, 1.807) is 7.11 Å². The first-order valence-electron chi connectivity index (χ1n) is 10.3. The monoisotopic (exact) mass is 428 g/mol. The fourth-order valence-corrected chi connectivity index (χ4v) is 3.48. The number of rotatable bonds is 11. The van der Waals surface area contributed by atoms with Gasteiger partial charge in [0.1, 0.15) is 6.54 Å². The lowest BCUT2D eigenvalue weighted by atomic mass is 10.1. The van der Waals surface area contributed by atoms with E-state index in [1.165, 1.54) is 29.2 Å². The molecule has 0 radical (unpaired) electrons. The summed E-state index contributed by atoms with van der Waals surface area (Å²) in [7, 11) is 3.51. The van der Waals surface area contributed by atoms with Gasteiger partial charge in [0.05, 0.1) is 11.5 Å². The zero-order valence-electron chi connectivity index (χ0n) is 17.9. The Morgan fingerprint density at radius 2 is 2.03 bits per heavy atom. The van der Waals surface area contributed by atoms with Gasteiger partial charge in [0.25, 0.3) is 11.6 Å². The molecule has 3 rings (SSSR count). The first-order chi connectivity index (χ1) is 14.9. The Hall–Kier alpha value is -3.20. The van der Waals surface area contributed by atoms with Crippen LogP contribution in [-0.2, 0) is 23.1 Å². The molecule has 9 heteroatoms. The van der Waals surface area contributed by atoms with Gasteiger partial charge in [0, 0.05) is 62.9 Å². The Labute approximate surface area is 181 Å². The molecule has 1 heterocycles. The Balaban J connectivity index is 1.76. The maximum Gasteiger partial charge on any atom is 0.270 e. The molecule has 1 aliphatic rings. The van der Waals surface area contributed by atoms with Crippen molar-refractivity contribution in [3.63, 3.8) is 0 Å². The summed E-state index contributed by atoms with van der Waals surface area (Å²) in [6.07, 6.45) is 4.41. The molecule has 2 aromatic rings. The van der Waals surface area contributed by atoms with Gasteiger partial charge in [0.15, 0.2) is 0 Å². The third-order valence-corrected chi connectivity index (χ3v) is 5.39. The topological polar surface area (TPSA) is 97.9 Å².